The van der Waals surface area contributed by atoms with E-state index in [1.807, 2.05) is 6.07 Å². The molecule has 0 spiro atoms. The van der Waals surface area contributed by atoms with Gasteiger partial charge in [0.15, 0.2) is 5.11 Å². The molecule has 0 aliphatic carbocycles. The summed E-state index contributed by atoms with van der Waals surface area (Å²) in [6, 6.07) is 13.9. The first-order valence-corrected chi connectivity index (χ1v) is 8.10. The molecule has 2 aromatic rings. The second kappa shape index (κ2) is 7.04. The third-order valence-electron chi connectivity index (χ3n) is 3.60. The molecular formula is C18H13ClN2O3S. The van der Waals surface area contributed by atoms with Crippen molar-refractivity contribution >= 4 is 52.5 Å². The Morgan fingerprint density at radius 2 is 1.88 bits per heavy atom. The molecule has 2 amide bonds. The van der Waals surface area contributed by atoms with Crippen LogP contribution in [0, 0.1) is 0 Å². The van der Waals surface area contributed by atoms with Crippen molar-refractivity contribution < 1.29 is 14.3 Å². The van der Waals surface area contributed by atoms with Crippen molar-refractivity contribution in [2.24, 2.45) is 0 Å². The number of nitrogens with one attached hydrogen (secondary N) is 1. The maximum Gasteiger partial charge on any atom is 0.270 e. The molecule has 0 radical (unpaired) electrons. The monoisotopic (exact) mass is 372 g/mol. The fourth-order valence-electron chi connectivity index (χ4n) is 2.41. The summed E-state index contributed by atoms with van der Waals surface area (Å²) in [5.41, 5.74) is 1.15. The van der Waals surface area contributed by atoms with Crippen molar-refractivity contribution in [3.63, 3.8) is 0 Å². The highest BCUT2D eigenvalue weighted by Crippen LogP contribution is 2.27. The van der Waals surface area contributed by atoms with Crippen molar-refractivity contribution in [3.8, 4) is 5.75 Å². The number of carbonyl (C=O) groups excluding carboxylic acids is 2. The maximum absolute atomic E-state index is 12.8. The van der Waals surface area contributed by atoms with Crippen molar-refractivity contribution in [1.82, 2.24) is 5.32 Å². The summed E-state index contributed by atoms with van der Waals surface area (Å²) in [4.78, 5) is 26.3. The first-order valence-electron chi connectivity index (χ1n) is 7.31. The van der Waals surface area contributed by atoms with Crippen LogP contribution in [0.25, 0.3) is 6.08 Å². The van der Waals surface area contributed by atoms with E-state index in [1.54, 1.807) is 42.5 Å². The van der Waals surface area contributed by atoms with Crippen molar-refractivity contribution in [2.75, 3.05) is 12.0 Å². The number of hydrogen-bond acceptors (Lipinski definition) is 4. The Bertz CT molecular complexity index is 896. The average molecular weight is 373 g/mol. The van der Waals surface area contributed by atoms with Gasteiger partial charge in [0.25, 0.3) is 11.8 Å². The van der Waals surface area contributed by atoms with E-state index < -0.39 is 11.8 Å². The molecule has 1 fully saturated rings. The Labute approximate surface area is 154 Å². The van der Waals surface area contributed by atoms with Crippen LogP contribution >= 0.6 is 23.8 Å². The zero-order valence-corrected chi connectivity index (χ0v) is 14.7. The molecule has 0 aromatic heterocycles. The molecule has 1 saturated heterocycles. The number of halogens is 1. The van der Waals surface area contributed by atoms with Crippen molar-refractivity contribution in [3.05, 3.63) is 64.7 Å². The van der Waals surface area contributed by atoms with Crippen LogP contribution in [0.2, 0.25) is 5.02 Å². The number of thiocarbonyl (C=S) groups is 1. The van der Waals surface area contributed by atoms with Crippen LogP contribution in [0.5, 0.6) is 5.75 Å². The number of hydrogen-bond donors (Lipinski definition) is 1. The Kier molecular flexibility index (Phi) is 4.83. The minimum atomic E-state index is -0.547. The van der Waals surface area contributed by atoms with E-state index in [9.17, 15) is 9.59 Å². The summed E-state index contributed by atoms with van der Waals surface area (Å²) in [6.45, 7) is 0. The van der Waals surface area contributed by atoms with Gasteiger partial charge in [-0.15, -0.1) is 0 Å². The van der Waals surface area contributed by atoms with Gasteiger partial charge in [0.2, 0.25) is 0 Å². The molecule has 1 aliphatic rings. The highest BCUT2D eigenvalue weighted by Gasteiger charge is 2.34. The first-order chi connectivity index (χ1) is 12.0. The third-order valence-corrected chi connectivity index (χ3v) is 4.18. The van der Waals surface area contributed by atoms with E-state index in [0.717, 1.165) is 0 Å². The fraction of sp³-hybridized carbons (Fsp3) is 0.0556. The fourth-order valence-corrected chi connectivity index (χ4v) is 2.96. The number of ether oxygens (including phenoxy) is 1. The van der Waals surface area contributed by atoms with E-state index in [1.165, 1.54) is 18.1 Å². The van der Waals surface area contributed by atoms with Gasteiger partial charge in [0.1, 0.15) is 11.3 Å². The SMILES string of the molecule is COc1ccc(/C=C2/C(=O)NC(=S)N(c3ccccc3)C2=O)cc1Cl. The maximum atomic E-state index is 12.8. The number of benzene rings is 2. The van der Waals surface area contributed by atoms with E-state index in [0.29, 0.717) is 22.0 Å². The number of rotatable bonds is 3. The van der Waals surface area contributed by atoms with Crippen LogP contribution in [-0.2, 0) is 9.59 Å². The van der Waals surface area contributed by atoms with Gasteiger partial charge in [-0.2, -0.15) is 0 Å². The number of amides is 2. The number of para-hydroxylation sites is 1. The summed E-state index contributed by atoms with van der Waals surface area (Å²) in [5, 5.41) is 2.97. The van der Waals surface area contributed by atoms with Gasteiger partial charge >= 0.3 is 0 Å². The smallest absolute Gasteiger partial charge is 0.270 e. The van der Waals surface area contributed by atoms with E-state index in [2.05, 4.69) is 5.32 Å². The summed E-state index contributed by atoms with van der Waals surface area (Å²) in [5.74, 6) is -0.531. The standard InChI is InChI=1S/C18H13ClN2O3S/c1-24-15-8-7-11(10-14(15)19)9-13-16(22)20-18(25)21(17(13)23)12-5-3-2-4-6-12/h2-10H,1H3,(H,20,22,25)/b13-9-. The molecule has 0 unspecified atom stereocenters. The molecule has 0 bridgehead atoms. The molecular weight excluding hydrogens is 360 g/mol. The largest absolute Gasteiger partial charge is 0.495 e. The lowest BCUT2D eigenvalue weighted by Gasteiger charge is -2.28. The third kappa shape index (κ3) is 3.40. The Morgan fingerprint density at radius 3 is 2.52 bits per heavy atom. The lowest BCUT2D eigenvalue weighted by Crippen LogP contribution is -2.54. The summed E-state index contributed by atoms with van der Waals surface area (Å²) >= 11 is 11.2. The molecule has 1 aliphatic heterocycles. The molecule has 0 atom stereocenters. The number of nitrogens with zero attached hydrogens (tertiary/aromatic N) is 1. The highest BCUT2D eigenvalue weighted by atomic mass is 35.5. The van der Waals surface area contributed by atoms with Crippen LogP contribution in [0.4, 0.5) is 5.69 Å². The summed E-state index contributed by atoms with van der Waals surface area (Å²) in [6.07, 6.45) is 1.47. The predicted octanol–water partition coefficient (Wildman–Crippen LogP) is 3.18. The molecule has 0 saturated carbocycles. The lowest BCUT2D eigenvalue weighted by molar-refractivity contribution is -0.122. The molecule has 5 nitrogen and oxygen atoms in total. The number of carbonyl (C=O) groups is 2. The molecule has 7 heteroatoms. The lowest BCUT2D eigenvalue weighted by atomic mass is 10.1. The second-order valence-electron chi connectivity index (χ2n) is 5.19. The number of anilines is 1. The van der Waals surface area contributed by atoms with Crippen LogP contribution in [0.1, 0.15) is 5.56 Å². The van der Waals surface area contributed by atoms with Gasteiger partial charge in [-0.3, -0.25) is 19.8 Å². The minimum Gasteiger partial charge on any atom is -0.495 e. The first kappa shape index (κ1) is 17.1. The van der Waals surface area contributed by atoms with Crippen molar-refractivity contribution in [2.45, 2.75) is 0 Å². The topological polar surface area (TPSA) is 58.6 Å². The van der Waals surface area contributed by atoms with Gasteiger partial charge in [-0.05, 0) is 48.1 Å². The van der Waals surface area contributed by atoms with Gasteiger partial charge in [0.05, 0.1) is 17.8 Å². The minimum absolute atomic E-state index is 0.0290. The van der Waals surface area contributed by atoms with Crippen LogP contribution in [0.15, 0.2) is 54.1 Å². The van der Waals surface area contributed by atoms with Gasteiger partial charge < -0.3 is 4.74 Å². The van der Waals surface area contributed by atoms with E-state index in [-0.39, 0.29) is 10.7 Å². The molecule has 1 heterocycles. The van der Waals surface area contributed by atoms with E-state index >= 15 is 0 Å². The average Bonchev–Trinajstić information content (AvgIpc) is 2.59. The summed E-state index contributed by atoms with van der Waals surface area (Å²) in [7, 11) is 1.51. The van der Waals surface area contributed by atoms with Gasteiger partial charge in [0, 0.05) is 0 Å². The van der Waals surface area contributed by atoms with Crippen LogP contribution in [-0.4, -0.2) is 24.0 Å². The predicted molar refractivity (Wildman–Crippen MR) is 101 cm³/mol. The number of methoxy groups -OCH3 is 1. The molecule has 25 heavy (non-hydrogen) atoms. The molecule has 3 rings (SSSR count). The Balaban J connectivity index is 2.00. The normalized spacial score (nSPS) is 16.2. The quantitative estimate of drug-likeness (QED) is 0.510. The zero-order valence-electron chi connectivity index (χ0n) is 13.2. The van der Waals surface area contributed by atoms with Crippen LogP contribution < -0.4 is 15.0 Å². The van der Waals surface area contributed by atoms with Crippen molar-refractivity contribution in [1.29, 1.82) is 0 Å². The van der Waals surface area contributed by atoms with Gasteiger partial charge in [-0.1, -0.05) is 35.9 Å². The van der Waals surface area contributed by atoms with Gasteiger partial charge in [-0.25, -0.2) is 0 Å². The molecule has 1 N–H and O–H groups in total. The Morgan fingerprint density at radius 1 is 1.16 bits per heavy atom. The van der Waals surface area contributed by atoms with Crippen LogP contribution in [0.3, 0.4) is 0 Å². The molecule has 2 aromatic carbocycles. The molecule has 126 valence electrons. The Hall–Kier alpha value is -2.70. The van der Waals surface area contributed by atoms with E-state index in [4.69, 9.17) is 28.6 Å². The second-order valence-corrected chi connectivity index (χ2v) is 5.98. The zero-order chi connectivity index (χ0) is 18.0. The summed E-state index contributed by atoms with van der Waals surface area (Å²) < 4.78 is 5.10. The highest BCUT2D eigenvalue weighted by molar-refractivity contribution is 7.80.